The fourth-order valence-electron chi connectivity index (χ4n) is 8.73. The van der Waals surface area contributed by atoms with Gasteiger partial charge in [0.05, 0.1) is 55.8 Å². The predicted octanol–water partition coefficient (Wildman–Crippen LogP) is 4.43. The van der Waals surface area contributed by atoms with Gasteiger partial charge in [-0.15, -0.1) is 0 Å². The standard InChI is InChI=1S/C46H76N6O12.2C2H6/c1-13-30(6)41(50(10)45(60)39(28(2)3)48-44(59)40(29(4)5)49(8)9)35(62-11)25-36(53)52-21-17-20-34(52)42(63-12)31(7)43(58)47-33(24-32-18-15-14-16-19-32)46(61)64-23-22-51(26-37(54)55)27-38(56)57;2*1-2/h14-16,18-19,28-31,33-35,39-42H,13,17,20-27H2,1-12H3,(H,47,58)(H,48,59)(H,54,55)(H,56,57);2*1-2H3/t30?,31?,33?,34?,35?,39-,40?,41?,42?;;/m0../s1. The molecule has 0 spiro atoms. The molecule has 4 N–H and O–H groups in total. The highest BCUT2D eigenvalue weighted by atomic mass is 16.5. The quantitative estimate of drug-likeness (QED) is 0.0854. The summed E-state index contributed by atoms with van der Waals surface area (Å²) in [7, 11) is 8.34. The predicted molar refractivity (Wildman–Crippen MR) is 263 cm³/mol. The van der Waals surface area contributed by atoms with Crippen LogP contribution in [0, 0.1) is 23.7 Å². The Balaban J connectivity index is 0.0000109. The molecule has 18 heteroatoms. The monoisotopic (exact) mass is 965 g/mol. The molecule has 1 aromatic rings. The van der Waals surface area contributed by atoms with Crippen molar-refractivity contribution in [1.82, 2.24) is 30.2 Å². The Morgan fingerprint density at radius 3 is 1.85 bits per heavy atom. The molecular weight excluding hydrogens is 877 g/mol. The fraction of sp³-hybridized carbons (Fsp3) is 0.740. The third kappa shape index (κ3) is 20.1. The van der Waals surface area contributed by atoms with Crippen molar-refractivity contribution in [2.45, 2.75) is 151 Å². The van der Waals surface area contributed by atoms with Crippen molar-refractivity contribution in [2.75, 3.05) is 68.1 Å². The van der Waals surface area contributed by atoms with E-state index in [-0.39, 0.29) is 61.5 Å². The number of rotatable bonds is 28. The van der Waals surface area contributed by atoms with Crippen LogP contribution in [0.4, 0.5) is 0 Å². The second-order valence-electron chi connectivity index (χ2n) is 17.9. The highest BCUT2D eigenvalue weighted by molar-refractivity contribution is 5.90. The first-order valence-electron chi connectivity index (χ1n) is 24.3. The number of carbonyl (C=O) groups is 7. The van der Waals surface area contributed by atoms with Gasteiger partial charge in [0.15, 0.2) is 0 Å². The molecule has 0 aliphatic carbocycles. The van der Waals surface area contributed by atoms with E-state index < -0.39 is 85.2 Å². The molecule has 0 bridgehead atoms. The molecule has 1 saturated heterocycles. The Hall–Kier alpha value is -4.65. The topological polar surface area (TPSA) is 225 Å². The first-order chi connectivity index (χ1) is 32.1. The molecule has 1 aliphatic rings. The summed E-state index contributed by atoms with van der Waals surface area (Å²) >= 11 is 0. The van der Waals surface area contributed by atoms with Crippen LogP contribution in [0.15, 0.2) is 30.3 Å². The van der Waals surface area contributed by atoms with Gasteiger partial charge in [-0.3, -0.25) is 38.6 Å². The van der Waals surface area contributed by atoms with Gasteiger partial charge in [-0.05, 0) is 50.3 Å². The zero-order chi connectivity index (χ0) is 52.4. The van der Waals surface area contributed by atoms with Crippen LogP contribution in [0.5, 0.6) is 0 Å². The summed E-state index contributed by atoms with van der Waals surface area (Å²) in [5.41, 5.74) is 0.732. The van der Waals surface area contributed by atoms with Gasteiger partial charge in [0.25, 0.3) is 0 Å². The van der Waals surface area contributed by atoms with Gasteiger partial charge in [-0.1, -0.05) is 113 Å². The molecule has 8 unspecified atom stereocenters. The minimum Gasteiger partial charge on any atom is -0.480 e. The van der Waals surface area contributed by atoms with Crippen molar-refractivity contribution in [3.8, 4) is 0 Å². The van der Waals surface area contributed by atoms with E-state index in [1.807, 2.05) is 94.3 Å². The summed E-state index contributed by atoms with van der Waals surface area (Å²) in [5.74, 6) is -5.70. The second-order valence-corrected chi connectivity index (χ2v) is 17.9. The van der Waals surface area contributed by atoms with Crippen molar-refractivity contribution in [1.29, 1.82) is 0 Å². The molecule has 9 atom stereocenters. The number of nitrogens with one attached hydrogen (secondary N) is 2. The zero-order valence-electron chi connectivity index (χ0n) is 44.1. The van der Waals surface area contributed by atoms with Gasteiger partial charge < -0.3 is 44.9 Å². The van der Waals surface area contributed by atoms with E-state index in [1.165, 1.54) is 14.2 Å². The van der Waals surface area contributed by atoms with Crippen molar-refractivity contribution in [2.24, 2.45) is 23.7 Å². The Morgan fingerprint density at radius 2 is 1.38 bits per heavy atom. The number of nitrogens with zero attached hydrogens (tertiary/aromatic N) is 4. The molecule has 18 nitrogen and oxygen atoms in total. The number of amides is 4. The molecule has 4 amide bonds. The molecule has 0 saturated carbocycles. The maximum atomic E-state index is 14.4. The third-order valence-corrected chi connectivity index (χ3v) is 12.2. The largest absolute Gasteiger partial charge is 0.480 e. The molecule has 1 fully saturated rings. The van der Waals surface area contributed by atoms with Crippen molar-refractivity contribution < 1.29 is 58.0 Å². The van der Waals surface area contributed by atoms with E-state index in [0.29, 0.717) is 25.8 Å². The van der Waals surface area contributed by atoms with Gasteiger partial charge in [-0.2, -0.15) is 0 Å². The number of hydrogen-bond donors (Lipinski definition) is 4. The zero-order valence-corrected chi connectivity index (χ0v) is 44.1. The lowest BCUT2D eigenvalue weighted by molar-refractivity contribution is -0.150. The lowest BCUT2D eigenvalue weighted by Gasteiger charge is -2.41. The van der Waals surface area contributed by atoms with Gasteiger partial charge >= 0.3 is 17.9 Å². The van der Waals surface area contributed by atoms with Crippen LogP contribution in [0.2, 0.25) is 0 Å². The van der Waals surface area contributed by atoms with E-state index in [1.54, 1.807) is 48.0 Å². The molecule has 0 aromatic heterocycles. The molecule has 2 rings (SSSR count). The van der Waals surface area contributed by atoms with Crippen molar-refractivity contribution >= 4 is 41.5 Å². The average molecular weight is 965 g/mol. The minimum absolute atomic E-state index is 0.00740. The van der Waals surface area contributed by atoms with Crippen LogP contribution in [-0.4, -0.2) is 182 Å². The number of carboxylic acids is 2. The molecule has 1 aliphatic heterocycles. The number of likely N-dealkylation sites (tertiary alicyclic amines) is 1. The van der Waals surface area contributed by atoms with Crippen LogP contribution in [0.1, 0.15) is 107 Å². The number of ether oxygens (including phenoxy) is 3. The minimum atomic E-state index is -1.24. The van der Waals surface area contributed by atoms with Gasteiger partial charge in [0.1, 0.15) is 18.7 Å². The average Bonchev–Trinajstić information content (AvgIpc) is 3.78. The molecule has 68 heavy (non-hydrogen) atoms. The van der Waals surface area contributed by atoms with Crippen LogP contribution >= 0.6 is 0 Å². The Kier molecular flexibility index (Phi) is 30.7. The van der Waals surface area contributed by atoms with E-state index >= 15 is 0 Å². The summed E-state index contributed by atoms with van der Waals surface area (Å²) in [4.78, 5) is 98.4. The van der Waals surface area contributed by atoms with Crippen molar-refractivity contribution in [3.05, 3.63) is 35.9 Å². The fourth-order valence-corrected chi connectivity index (χ4v) is 8.73. The Morgan fingerprint density at radius 1 is 0.809 bits per heavy atom. The first-order valence-corrected chi connectivity index (χ1v) is 24.3. The number of methoxy groups -OCH3 is 2. The third-order valence-electron chi connectivity index (χ3n) is 12.2. The van der Waals surface area contributed by atoms with Crippen LogP contribution < -0.4 is 10.6 Å². The first kappa shape index (κ1) is 63.4. The van der Waals surface area contributed by atoms with Crippen LogP contribution in [-0.2, 0) is 54.2 Å². The molecule has 1 aromatic carbocycles. The molecule has 0 radical (unpaired) electrons. The lowest BCUT2D eigenvalue weighted by atomic mass is 9.89. The van der Waals surface area contributed by atoms with Crippen molar-refractivity contribution in [3.63, 3.8) is 0 Å². The number of aliphatic carboxylic acids is 2. The molecular formula is C50H88N6O12. The number of carbonyl (C=O) groups excluding carboxylic acids is 5. The number of hydrogen-bond acceptors (Lipinski definition) is 12. The van der Waals surface area contributed by atoms with E-state index in [4.69, 9.17) is 14.2 Å². The maximum absolute atomic E-state index is 14.4. The summed E-state index contributed by atoms with van der Waals surface area (Å²) < 4.78 is 17.4. The number of benzene rings is 1. The SMILES string of the molecule is CC.CC.CCC(C)C(C(CC(=O)N1CCCC1C(OC)C(C)C(=O)NC(Cc1ccccc1)C(=O)OCCN(CC(=O)O)CC(=O)O)OC)N(C)C(=O)[C@@H](NC(=O)C(C(C)C)N(C)C)C(C)C. The van der Waals surface area contributed by atoms with E-state index in [9.17, 15) is 43.8 Å². The van der Waals surface area contributed by atoms with Gasteiger partial charge in [0.2, 0.25) is 23.6 Å². The summed E-state index contributed by atoms with van der Waals surface area (Å²) in [6, 6.07) is 5.53. The summed E-state index contributed by atoms with van der Waals surface area (Å²) in [6.45, 7) is 20.1. The molecule has 1 heterocycles. The van der Waals surface area contributed by atoms with Crippen LogP contribution in [0.25, 0.3) is 0 Å². The normalized spacial score (nSPS) is 17.0. The van der Waals surface area contributed by atoms with Crippen LogP contribution in [0.3, 0.4) is 0 Å². The number of likely N-dealkylation sites (N-methyl/N-ethyl adjacent to an activating group) is 2. The highest BCUT2D eigenvalue weighted by Crippen LogP contribution is 2.30. The summed E-state index contributed by atoms with van der Waals surface area (Å²) in [5, 5.41) is 24.2. The molecule has 390 valence electrons. The lowest BCUT2D eigenvalue weighted by Crippen LogP contribution is -2.59. The number of carboxylic acid groups (broad SMARTS) is 2. The highest BCUT2D eigenvalue weighted by Gasteiger charge is 2.43. The van der Waals surface area contributed by atoms with E-state index in [2.05, 4.69) is 10.6 Å². The summed E-state index contributed by atoms with van der Waals surface area (Å²) in [6.07, 6.45) is 0.407. The Bertz CT molecular complexity index is 1660. The van der Waals surface area contributed by atoms with E-state index in [0.717, 1.165) is 10.5 Å². The smallest absolute Gasteiger partial charge is 0.329 e. The Labute approximate surface area is 407 Å². The maximum Gasteiger partial charge on any atom is 0.329 e. The second kappa shape index (κ2) is 33.0. The van der Waals surface area contributed by atoms with Gasteiger partial charge in [-0.25, -0.2) is 4.79 Å². The van der Waals surface area contributed by atoms with Gasteiger partial charge in [0, 0.05) is 40.8 Å². The number of esters is 1.